The Morgan fingerprint density at radius 3 is 2.00 bits per heavy atom. The SMILES string of the molecule is CC(N)(N)CCN.[HH]. The van der Waals surface area contributed by atoms with Crippen LogP contribution < -0.4 is 17.2 Å². The molecule has 0 amide bonds. The van der Waals surface area contributed by atoms with Crippen LogP contribution in [0.5, 0.6) is 0 Å². The van der Waals surface area contributed by atoms with Crippen molar-refractivity contribution in [3.05, 3.63) is 0 Å². The summed E-state index contributed by atoms with van der Waals surface area (Å²) in [5.74, 6) is 0. The van der Waals surface area contributed by atoms with E-state index in [9.17, 15) is 0 Å². The number of hydrogen-bond donors (Lipinski definition) is 3. The van der Waals surface area contributed by atoms with Crippen molar-refractivity contribution in [2.24, 2.45) is 17.2 Å². The molecule has 0 aromatic carbocycles. The lowest BCUT2D eigenvalue weighted by atomic mass is 10.1. The molecule has 6 N–H and O–H groups in total. The molecule has 0 aromatic heterocycles. The normalized spacial score (nSPS) is 12.0. The van der Waals surface area contributed by atoms with E-state index in [4.69, 9.17) is 17.2 Å². The lowest BCUT2D eigenvalue weighted by Crippen LogP contribution is -2.47. The van der Waals surface area contributed by atoms with E-state index in [0.717, 1.165) is 0 Å². The van der Waals surface area contributed by atoms with Crippen molar-refractivity contribution in [1.82, 2.24) is 0 Å². The van der Waals surface area contributed by atoms with Gasteiger partial charge in [-0.25, -0.2) is 0 Å². The Bertz CT molecular complexity index is 49.7. The molecule has 0 radical (unpaired) electrons. The zero-order chi connectivity index (χ0) is 5.91. The first-order valence-corrected chi connectivity index (χ1v) is 2.34. The maximum absolute atomic E-state index is 5.34. The van der Waals surface area contributed by atoms with Gasteiger partial charge in [0, 0.05) is 1.43 Å². The lowest BCUT2D eigenvalue weighted by molar-refractivity contribution is 0.458. The Labute approximate surface area is 45.3 Å². The van der Waals surface area contributed by atoms with Gasteiger partial charge in [-0.15, -0.1) is 0 Å². The van der Waals surface area contributed by atoms with Crippen LogP contribution in [0.25, 0.3) is 0 Å². The van der Waals surface area contributed by atoms with Gasteiger partial charge in [-0.2, -0.15) is 0 Å². The van der Waals surface area contributed by atoms with Gasteiger partial charge < -0.3 is 17.2 Å². The van der Waals surface area contributed by atoms with Gasteiger partial charge in [0.15, 0.2) is 0 Å². The maximum Gasteiger partial charge on any atom is 0.0619 e. The molecule has 0 aromatic rings. The molecule has 0 unspecified atom stereocenters. The molecule has 0 bridgehead atoms. The molecule has 0 saturated carbocycles. The molecule has 46 valence electrons. The van der Waals surface area contributed by atoms with Crippen LogP contribution in [-0.2, 0) is 0 Å². The minimum atomic E-state index is -0.575. The van der Waals surface area contributed by atoms with Gasteiger partial charge in [-0.1, -0.05) is 0 Å². The van der Waals surface area contributed by atoms with Gasteiger partial charge in [0.2, 0.25) is 0 Å². The Morgan fingerprint density at radius 2 is 2.00 bits per heavy atom. The van der Waals surface area contributed by atoms with Gasteiger partial charge in [-0.05, 0) is 19.9 Å². The molecule has 0 rings (SSSR count). The molecule has 3 nitrogen and oxygen atoms in total. The molecular weight excluding hydrogens is 90.1 g/mol. The van der Waals surface area contributed by atoms with Crippen molar-refractivity contribution in [2.75, 3.05) is 6.54 Å². The predicted octanol–water partition coefficient (Wildman–Crippen LogP) is -0.785. The topological polar surface area (TPSA) is 78.1 Å². The summed E-state index contributed by atoms with van der Waals surface area (Å²) in [5.41, 5.74) is 15.3. The van der Waals surface area contributed by atoms with Crippen LogP contribution >= 0.6 is 0 Å². The van der Waals surface area contributed by atoms with E-state index in [1.807, 2.05) is 0 Å². The quantitative estimate of drug-likeness (QED) is 0.403. The number of rotatable bonds is 2. The van der Waals surface area contributed by atoms with Gasteiger partial charge in [0.1, 0.15) is 0 Å². The van der Waals surface area contributed by atoms with E-state index in [2.05, 4.69) is 0 Å². The summed E-state index contributed by atoms with van der Waals surface area (Å²) >= 11 is 0. The summed E-state index contributed by atoms with van der Waals surface area (Å²) in [5, 5.41) is 0. The third-order valence-electron chi connectivity index (χ3n) is 0.683. The molecule has 0 saturated heterocycles. The smallest absolute Gasteiger partial charge is 0.0619 e. The minimum absolute atomic E-state index is 0. The fraction of sp³-hybridized carbons (Fsp3) is 1.00. The number of nitrogens with two attached hydrogens (primary N) is 3. The van der Waals surface area contributed by atoms with Crippen LogP contribution in [0.4, 0.5) is 0 Å². The highest BCUT2D eigenvalue weighted by Crippen LogP contribution is 1.90. The van der Waals surface area contributed by atoms with Crippen LogP contribution in [0.3, 0.4) is 0 Å². The van der Waals surface area contributed by atoms with Crippen molar-refractivity contribution in [3.8, 4) is 0 Å². The van der Waals surface area contributed by atoms with Crippen molar-refractivity contribution < 1.29 is 1.43 Å². The van der Waals surface area contributed by atoms with E-state index < -0.39 is 5.66 Å². The second-order valence-electron chi connectivity index (χ2n) is 2.04. The van der Waals surface area contributed by atoms with Crippen LogP contribution in [0.15, 0.2) is 0 Å². The first-order valence-electron chi connectivity index (χ1n) is 2.34. The monoisotopic (exact) mass is 105 g/mol. The van der Waals surface area contributed by atoms with Crippen LogP contribution in [0.2, 0.25) is 0 Å². The summed E-state index contributed by atoms with van der Waals surface area (Å²) in [6, 6.07) is 0. The standard InChI is InChI=1S/C4H13N3.H2/c1-4(6,7)2-3-5;/h2-3,5-7H2,1H3;1H. The molecule has 0 heterocycles. The van der Waals surface area contributed by atoms with E-state index in [1.165, 1.54) is 0 Å². The summed E-state index contributed by atoms with van der Waals surface area (Å²) in [7, 11) is 0. The van der Waals surface area contributed by atoms with E-state index in [-0.39, 0.29) is 1.43 Å². The Balaban J connectivity index is 0. The zero-order valence-electron chi connectivity index (χ0n) is 4.65. The molecule has 3 heteroatoms. The second-order valence-corrected chi connectivity index (χ2v) is 2.04. The fourth-order valence-corrected chi connectivity index (χ4v) is 0.311. The Morgan fingerprint density at radius 1 is 1.57 bits per heavy atom. The van der Waals surface area contributed by atoms with Gasteiger partial charge in [0.25, 0.3) is 0 Å². The largest absolute Gasteiger partial charge is 0.330 e. The molecular formula is C4H15N3. The van der Waals surface area contributed by atoms with Gasteiger partial charge in [-0.3, -0.25) is 0 Å². The molecule has 0 aliphatic heterocycles. The molecule has 0 atom stereocenters. The fourth-order valence-electron chi connectivity index (χ4n) is 0.311. The average Bonchev–Trinajstić information content (AvgIpc) is 1.30. The third-order valence-corrected chi connectivity index (χ3v) is 0.683. The maximum atomic E-state index is 5.34. The zero-order valence-corrected chi connectivity index (χ0v) is 4.65. The van der Waals surface area contributed by atoms with Gasteiger partial charge >= 0.3 is 0 Å². The highest BCUT2D eigenvalue weighted by Gasteiger charge is 2.07. The molecule has 0 aliphatic carbocycles. The van der Waals surface area contributed by atoms with E-state index in [0.29, 0.717) is 13.0 Å². The van der Waals surface area contributed by atoms with E-state index in [1.54, 1.807) is 6.92 Å². The van der Waals surface area contributed by atoms with Crippen molar-refractivity contribution in [3.63, 3.8) is 0 Å². The first-order chi connectivity index (χ1) is 3.06. The first kappa shape index (κ1) is 6.88. The van der Waals surface area contributed by atoms with Gasteiger partial charge in [0.05, 0.1) is 5.66 Å². The second kappa shape index (κ2) is 2.26. The van der Waals surface area contributed by atoms with E-state index >= 15 is 0 Å². The molecule has 0 aliphatic rings. The molecule has 0 spiro atoms. The molecule has 0 fully saturated rings. The van der Waals surface area contributed by atoms with Crippen molar-refractivity contribution in [2.45, 2.75) is 19.0 Å². The summed E-state index contributed by atoms with van der Waals surface area (Å²) < 4.78 is 0. The summed E-state index contributed by atoms with van der Waals surface area (Å²) in [4.78, 5) is 0. The van der Waals surface area contributed by atoms with Crippen LogP contribution in [0.1, 0.15) is 14.8 Å². The Kier molecular flexibility index (Phi) is 2.22. The highest BCUT2D eigenvalue weighted by molar-refractivity contribution is 4.68. The van der Waals surface area contributed by atoms with Crippen LogP contribution in [0, 0.1) is 0 Å². The average molecular weight is 105 g/mol. The molecule has 7 heavy (non-hydrogen) atoms. The minimum Gasteiger partial charge on any atom is -0.330 e. The summed E-state index contributed by atoms with van der Waals surface area (Å²) in [6.45, 7) is 2.31. The predicted molar refractivity (Wildman–Crippen MR) is 32.6 cm³/mol. The third kappa shape index (κ3) is 5.88. The highest BCUT2D eigenvalue weighted by atomic mass is 14.9. The van der Waals surface area contributed by atoms with Crippen molar-refractivity contribution in [1.29, 1.82) is 0 Å². The van der Waals surface area contributed by atoms with Crippen molar-refractivity contribution >= 4 is 0 Å². The Hall–Kier alpha value is -0.120. The number of hydrogen-bond acceptors (Lipinski definition) is 3. The summed E-state index contributed by atoms with van der Waals surface area (Å²) in [6.07, 6.45) is 0.674. The van der Waals surface area contributed by atoms with Crippen LogP contribution in [-0.4, -0.2) is 12.2 Å². The lowest BCUT2D eigenvalue weighted by Gasteiger charge is -2.15.